The van der Waals surface area contributed by atoms with Crippen molar-refractivity contribution in [2.75, 3.05) is 0 Å². The van der Waals surface area contributed by atoms with Crippen molar-refractivity contribution in [1.29, 1.82) is 0 Å². The Morgan fingerprint density at radius 2 is 0.639 bits per heavy atom. The van der Waals surface area contributed by atoms with Gasteiger partial charge in [-0.25, -0.2) is 19.9 Å². The Kier molecular flexibility index (Phi) is 15.8. The van der Waals surface area contributed by atoms with Gasteiger partial charge in [-0.1, -0.05) is 299 Å². The van der Waals surface area contributed by atoms with E-state index < -0.39 is 55.5 Å². The van der Waals surface area contributed by atoms with Gasteiger partial charge in [-0.05, 0) is 86.7 Å². The Balaban J connectivity index is 0.000000135. The van der Waals surface area contributed by atoms with Crippen molar-refractivity contribution in [1.82, 2.24) is 39.0 Å². The number of hydrogen-bond donors (Lipinski definition) is 2. The number of hydrogen-bond acceptors (Lipinski definition) is 10. The highest BCUT2D eigenvalue weighted by atomic mass is 35.5. The lowest BCUT2D eigenvalue weighted by atomic mass is 9.08. The molecule has 14 aromatic carbocycles. The van der Waals surface area contributed by atoms with E-state index in [-0.39, 0.29) is 71.7 Å². The maximum atomic E-state index is 10.4. The van der Waals surface area contributed by atoms with E-state index in [1.807, 2.05) is 182 Å². The van der Waals surface area contributed by atoms with E-state index >= 15 is 0 Å². The first-order valence-electron chi connectivity index (χ1n) is 39.0. The topological polar surface area (TPSA) is 154 Å². The maximum absolute atomic E-state index is 10.4. The summed E-state index contributed by atoms with van der Waals surface area (Å²) in [6.07, 6.45) is 0.0833. The second kappa shape index (κ2) is 29.8. The molecule has 20 aromatic rings. The number of benzene rings is 14. The van der Waals surface area contributed by atoms with Gasteiger partial charge in [-0.2, -0.15) is 9.97 Å². The van der Waals surface area contributed by atoms with Crippen molar-refractivity contribution in [3.05, 3.63) is 345 Å². The summed E-state index contributed by atoms with van der Waals surface area (Å²) in [6, 6.07) is 87.5. The van der Waals surface area contributed by atoms with Gasteiger partial charge in [0, 0.05) is 93.3 Å². The molecular formula is C90H61B5ClN8O4-. The van der Waals surface area contributed by atoms with Crippen molar-refractivity contribution in [2.45, 2.75) is 0 Å². The van der Waals surface area contributed by atoms with Crippen molar-refractivity contribution < 1.29 is 32.6 Å². The first kappa shape index (κ1) is 57.2. The summed E-state index contributed by atoms with van der Waals surface area (Å²) >= 11 is 5.95. The fourth-order valence-corrected chi connectivity index (χ4v) is 13.9. The van der Waals surface area contributed by atoms with Crippen LogP contribution in [0.1, 0.15) is 13.7 Å². The average molecular weight is 1420 g/mol. The summed E-state index contributed by atoms with van der Waals surface area (Å²) in [7, 11) is 8.58. The number of nitrogens with zero attached hydrogens (tertiary/aromatic N) is 8. The summed E-state index contributed by atoms with van der Waals surface area (Å²) in [5, 5.41) is 28.7. The smallest absolute Gasteiger partial charge is 0.456 e. The molecule has 0 saturated carbocycles. The van der Waals surface area contributed by atoms with Crippen molar-refractivity contribution >= 4 is 141 Å². The molecule has 4 radical (unpaired) electrons. The second-order valence-electron chi connectivity index (χ2n) is 24.7. The van der Waals surface area contributed by atoms with Crippen LogP contribution in [-0.2, 0) is 0 Å². The van der Waals surface area contributed by atoms with E-state index in [2.05, 4.69) is 96.9 Å². The molecule has 0 unspecified atom stereocenters. The Morgan fingerprint density at radius 3 is 1.06 bits per heavy atom. The standard InChI is InChI=1S/C45H28N4O.C30H20BNO3.C15H10ClN3.B4H3/c1-4-15-29(16-5-1)33-23-14-24-36-37-27-32(49-39-25-12-10-21-34(39)35-22-11-13-26-40(35)49)28-38(42(37)50-41(33)36)45-47-43(30-17-6-2-7-18-30)46-44(48-45)31-19-8-3-9-20-31;33-31(34)26-18-20(32-27-15-6-4-11-22(27)23-12-5-7-16-28(23)32)17-25-24-14-8-13-21(29(24)35-30(25)26)19-9-2-1-3-10-19;16-15-18-13(11-7-3-1-4-8-11)17-14(19-15)12-9-5-2-6-10-12;1-4(2)3/h1-28H;1-18,33-34H;1-10H;1H3/q;;;-1/i2D,6D,7D,17D,18D;;1D,3D,4D,7D,8D;. The van der Waals surface area contributed by atoms with E-state index in [1.165, 1.54) is 0 Å². The van der Waals surface area contributed by atoms with E-state index in [1.54, 1.807) is 24.3 Å². The van der Waals surface area contributed by atoms with Crippen molar-refractivity contribution in [3.63, 3.8) is 0 Å². The number of furan rings is 2. The van der Waals surface area contributed by atoms with Gasteiger partial charge in [0.2, 0.25) is 5.28 Å². The molecule has 6 heterocycles. The molecule has 12 nitrogen and oxygen atoms in total. The van der Waals surface area contributed by atoms with Crippen LogP contribution in [0.5, 0.6) is 0 Å². The van der Waals surface area contributed by atoms with Gasteiger partial charge >= 0.3 is 7.12 Å². The highest BCUT2D eigenvalue weighted by Crippen LogP contribution is 2.44. The maximum Gasteiger partial charge on any atom is 0.492 e. The minimum Gasteiger partial charge on any atom is -0.456 e. The van der Waals surface area contributed by atoms with Crippen LogP contribution in [0, 0.1) is 0 Å². The zero-order chi connectivity index (χ0) is 81.9. The SMILES string of the molecule is OB(O)c1cc(-n2c3ccccc3c3ccccc32)cc2c1oc1c(-c3ccccc3)cccc12.[2H]c1c([2H])c([2H])c(-c2nc(-c3ccccc3)nc(-c3cc(-n4c5ccccc5c5ccccc54)cc4c3oc3c(-c5ccccc5)cccc34)n2)c([2H])c1[2H].[2H]c1c([2H])c([2H])c(-c2nc(Cl)nc(-c3ccccc3)n2)c([2H])c1[2H].[B]B([B])[BH3-]. The molecule has 20 rings (SSSR count). The van der Waals surface area contributed by atoms with Crippen molar-refractivity contribution in [3.8, 4) is 90.6 Å². The van der Waals surface area contributed by atoms with Gasteiger partial charge in [0.05, 0.1) is 41.3 Å². The van der Waals surface area contributed by atoms with Gasteiger partial charge in [0.1, 0.15) is 22.3 Å². The first-order chi connectivity index (χ1) is 57.2. The highest BCUT2D eigenvalue weighted by Gasteiger charge is 2.26. The number of fused-ring (bicyclic) bond motifs is 12. The van der Waals surface area contributed by atoms with Gasteiger partial charge < -0.3 is 28.0 Å². The second-order valence-corrected chi connectivity index (χ2v) is 25.0. The lowest BCUT2D eigenvalue weighted by Gasteiger charge is -2.12. The molecule has 0 aliphatic carbocycles. The Bertz CT molecular complexity index is 7170. The summed E-state index contributed by atoms with van der Waals surface area (Å²) in [6.45, 7) is 0. The molecule has 108 heavy (non-hydrogen) atoms. The third kappa shape index (κ3) is 13.3. The Morgan fingerprint density at radius 1 is 0.324 bits per heavy atom. The molecule has 0 aliphatic heterocycles. The molecule has 0 aliphatic rings. The van der Waals surface area contributed by atoms with E-state index in [9.17, 15) is 10.0 Å². The molecule has 0 atom stereocenters. The van der Waals surface area contributed by atoms with E-state index in [0.717, 1.165) is 104 Å². The molecule has 508 valence electrons. The third-order valence-corrected chi connectivity index (χ3v) is 18.5. The lowest BCUT2D eigenvalue weighted by molar-refractivity contribution is 0.425. The molecule has 0 saturated heterocycles. The molecule has 0 bridgehead atoms. The monoisotopic (exact) mass is 1420 g/mol. The molecule has 2 N–H and O–H groups in total. The van der Waals surface area contributed by atoms with Crippen LogP contribution >= 0.6 is 11.6 Å². The molecule has 0 amide bonds. The molecule has 6 aromatic heterocycles. The van der Waals surface area contributed by atoms with E-state index in [0.29, 0.717) is 38.9 Å². The largest absolute Gasteiger partial charge is 0.492 e. The highest BCUT2D eigenvalue weighted by molar-refractivity contribution is 7.49. The summed E-state index contributed by atoms with van der Waals surface area (Å²) in [5.41, 5.74) is 14.3. The van der Waals surface area contributed by atoms with Crippen LogP contribution in [-0.4, -0.2) is 85.8 Å². The third-order valence-electron chi connectivity index (χ3n) is 18.3. The summed E-state index contributed by atoms with van der Waals surface area (Å²) in [5.74, 6) is 0.660. The molecule has 0 spiro atoms. The quantitative estimate of drug-likeness (QED) is 0.127. The van der Waals surface area contributed by atoms with Gasteiger partial charge in [0.15, 0.2) is 29.1 Å². The number of aromatic nitrogens is 8. The van der Waals surface area contributed by atoms with Crippen LogP contribution < -0.4 is 5.46 Å². The van der Waals surface area contributed by atoms with Gasteiger partial charge in [-0.15, -0.1) is 6.39 Å². The van der Waals surface area contributed by atoms with Gasteiger partial charge in [0.25, 0.3) is 0 Å². The first-order valence-corrected chi connectivity index (χ1v) is 34.4. The van der Waals surface area contributed by atoms with Crippen LogP contribution in [0.3, 0.4) is 0 Å². The Labute approximate surface area is 644 Å². The average Bonchev–Trinajstić information content (AvgIpc) is 1.60. The predicted octanol–water partition coefficient (Wildman–Crippen LogP) is 19.1. The molecular weight excluding hydrogens is 1350 g/mol. The van der Waals surface area contributed by atoms with Gasteiger partial charge in [-0.3, -0.25) is 0 Å². The fourth-order valence-electron chi connectivity index (χ4n) is 13.7. The minimum atomic E-state index is -1.67. The zero-order valence-electron chi connectivity index (χ0n) is 66.5. The molecule has 18 heteroatoms. The number of halogens is 1. The van der Waals surface area contributed by atoms with Crippen LogP contribution in [0.2, 0.25) is 5.28 Å². The minimum absolute atomic E-state index is 0.0441. The van der Waals surface area contributed by atoms with Crippen LogP contribution in [0.15, 0.2) is 348 Å². The van der Waals surface area contributed by atoms with Crippen LogP contribution in [0.4, 0.5) is 0 Å². The summed E-state index contributed by atoms with van der Waals surface area (Å²) in [4.78, 5) is 26.9. The fraction of sp³-hybridized carbons (Fsp3) is 0. The lowest BCUT2D eigenvalue weighted by Crippen LogP contribution is -2.30. The number of para-hydroxylation sites is 6. The summed E-state index contributed by atoms with van der Waals surface area (Å²) < 4.78 is 99.5. The van der Waals surface area contributed by atoms with Crippen molar-refractivity contribution in [2.24, 2.45) is 0 Å². The normalized spacial score (nSPS) is 12.5. The zero-order valence-corrected chi connectivity index (χ0v) is 57.3. The predicted molar refractivity (Wildman–Crippen MR) is 449 cm³/mol. The van der Waals surface area contributed by atoms with Crippen LogP contribution in [0.25, 0.3) is 178 Å². The number of rotatable bonds is 10. The Hall–Kier alpha value is -13.2. The molecule has 0 fully saturated rings. The van der Waals surface area contributed by atoms with E-state index in [4.69, 9.17) is 64.6 Å².